The van der Waals surface area contributed by atoms with Gasteiger partial charge in [0.1, 0.15) is 12.4 Å². The molecule has 0 spiro atoms. The second-order valence-electron chi connectivity index (χ2n) is 4.33. The van der Waals surface area contributed by atoms with Gasteiger partial charge in [0.25, 0.3) is 0 Å². The van der Waals surface area contributed by atoms with E-state index in [2.05, 4.69) is 27.4 Å². The van der Waals surface area contributed by atoms with E-state index in [0.29, 0.717) is 6.61 Å². The topological polar surface area (TPSA) is 49.9 Å². The highest BCUT2D eigenvalue weighted by Crippen LogP contribution is 2.22. The van der Waals surface area contributed by atoms with Crippen LogP contribution in [0.5, 0.6) is 5.75 Å². The lowest BCUT2D eigenvalue weighted by molar-refractivity contribution is 0.310. The lowest BCUT2D eigenvalue weighted by atomic mass is 10.2. The molecule has 0 radical (unpaired) electrons. The quantitative estimate of drug-likeness (QED) is 0.751. The number of aromatic nitrogens is 2. The Balaban J connectivity index is 1.77. The van der Waals surface area contributed by atoms with Crippen LogP contribution in [0.25, 0.3) is 10.9 Å². The second kappa shape index (κ2) is 5.42. The molecule has 5 heteroatoms. The number of hydrogen-bond acceptors (Lipinski definition) is 4. The van der Waals surface area contributed by atoms with E-state index in [1.807, 2.05) is 30.9 Å². The van der Waals surface area contributed by atoms with Crippen LogP contribution in [0.4, 0.5) is 0 Å². The van der Waals surface area contributed by atoms with Crippen molar-refractivity contribution in [1.29, 1.82) is 0 Å². The largest absolute Gasteiger partial charge is 0.488 e. The van der Waals surface area contributed by atoms with Crippen molar-refractivity contribution in [1.82, 2.24) is 15.3 Å². The molecule has 19 heavy (non-hydrogen) atoms. The fourth-order valence-electron chi connectivity index (χ4n) is 2.01. The van der Waals surface area contributed by atoms with Gasteiger partial charge >= 0.3 is 0 Å². The van der Waals surface area contributed by atoms with E-state index in [4.69, 9.17) is 4.74 Å². The van der Waals surface area contributed by atoms with Crippen molar-refractivity contribution < 1.29 is 4.74 Å². The van der Waals surface area contributed by atoms with Crippen LogP contribution in [0, 0.1) is 0 Å². The predicted octanol–water partition coefficient (Wildman–Crippen LogP) is 2.92. The van der Waals surface area contributed by atoms with Gasteiger partial charge in [0.05, 0.1) is 10.4 Å². The minimum Gasteiger partial charge on any atom is -0.488 e. The van der Waals surface area contributed by atoms with Crippen LogP contribution < -0.4 is 10.1 Å². The van der Waals surface area contributed by atoms with Crippen LogP contribution in [-0.2, 0) is 13.2 Å². The van der Waals surface area contributed by atoms with Gasteiger partial charge in [-0.3, -0.25) is 4.98 Å². The van der Waals surface area contributed by atoms with Crippen LogP contribution in [0.3, 0.4) is 0 Å². The molecule has 0 aliphatic rings. The number of nitrogens with zero attached hydrogens (tertiary/aromatic N) is 1. The number of H-pyrrole nitrogens is 1. The molecule has 0 saturated heterocycles. The number of fused-ring (bicyclic) bond motifs is 1. The first kappa shape index (κ1) is 12.2. The zero-order chi connectivity index (χ0) is 13.1. The van der Waals surface area contributed by atoms with Gasteiger partial charge in [-0.2, -0.15) is 0 Å². The average Bonchev–Trinajstić information content (AvgIpc) is 3.05. The van der Waals surface area contributed by atoms with E-state index in [0.717, 1.165) is 22.7 Å². The Morgan fingerprint density at radius 1 is 1.37 bits per heavy atom. The first-order valence-electron chi connectivity index (χ1n) is 6.11. The number of benzene rings is 1. The minimum absolute atomic E-state index is 0.570. The Morgan fingerprint density at radius 2 is 2.32 bits per heavy atom. The zero-order valence-electron chi connectivity index (χ0n) is 10.6. The second-order valence-corrected chi connectivity index (χ2v) is 5.30. The van der Waals surface area contributed by atoms with Gasteiger partial charge in [0.2, 0.25) is 0 Å². The summed E-state index contributed by atoms with van der Waals surface area (Å²) >= 11 is 1.60. The SMILES string of the molecule is CNCc1cc2ccc(OCc3cncs3)cc2[nH]1. The molecule has 0 aliphatic heterocycles. The van der Waals surface area contributed by atoms with Crippen molar-refractivity contribution in [2.75, 3.05) is 7.05 Å². The molecule has 3 aromatic rings. The summed E-state index contributed by atoms with van der Waals surface area (Å²) in [5.74, 6) is 0.874. The van der Waals surface area contributed by atoms with Crippen molar-refractivity contribution in [2.24, 2.45) is 0 Å². The molecule has 0 amide bonds. The van der Waals surface area contributed by atoms with E-state index in [-0.39, 0.29) is 0 Å². The maximum atomic E-state index is 5.76. The molecule has 98 valence electrons. The molecule has 4 nitrogen and oxygen atoms in total. The number of rotatable bonds is 5. The summed E-state index contributed by atoms with van der Waals surface area (Å²) in [5, 5.41) is 4.34. The number of aromatic amines is 1. The molecule has 2 aromatic heterocycles. The minimum atomic E-state index is 0.570. The number of thiazole rings is 1. The van der Waals surface area contributed by atoms with Crippen molar-refractivity contribution in [3.63, 3.8) is 0 Å². The van der Waals surface area contributed by atoms with E-state index >= 15 is 0 Å². The predicted molar refractivity (Wildman–Crippen MR) is 77.5 cm³/mol. The standard InChI is InChI=1S/C14H15N3OS/c1-15-6-11-4-10-2-3-12(5-14(10)17-11)18-8-13-7-16-9-19-13/h2-5,7,9,15,17H,6,8H2,1H3. The molecule has 0 atom stereocenters. The van der Waals surface area contributed by atoms with Crippen LogP contribution in [0.15, 0.2) is 36.0 Å². The Morgan fingerprint density at radius 3 is 3.11 bits per heavy atom. The molecule has 0 fully saturated rings. The first-order chi connectivity index (χ1) is 9.35. The lowest BCUT2D eigenvalue weighted by Crippen LogP contribution is -2.04. The third kappa shape index (κ3) is 2.77. The van der Waals surface area contributed by atoms with Gasteiger partial charge in [-0.1, -0.05) is 0 Å². The number of nitrogens with one attached hydrogen (secondary N) is 2. The smallest absolute Gasteiger partial charge is 0.124 e. The third-order valence-electron chi connectivity index (χ3n) is 2.88. The summed E-state index contributed by atoms with van der Waals surface area (Å²) in [4.78, 5) is 8.54. The zero-order valence-corrected chi connectivity index (χ0v) is 11.5. The molecule has 0 bridgehead atoms. The fraction of sp³-hybridized carbons (Fsp3) is 0.214. The van der Waals surface area contributed by atoms with Crippen LogP contribution >= 0.6 is 11.3 Å². The summed E-state index contributed by atoms with van der Waals surface area (Å²) in [6.07, 6.45) is 1.84. The van der Waals surface area contributed by atoms with E-state index in [9.17, 15) is 0 Å². The summed E-state index contributed by atoms with van der Waals surface area (Å²) in [6, 6.07) is 8.27. The van der Waals surface area contributed by atoms with Crippen molar-refractivity contribution in [3.05, 3.63) is 46.5 Å². The van der Waals surface area contributed by atoms with Crippen LogP contribution in [0.1, 0.15) is 10.6 Å². The molecule has 2 heterocycles. The number of hydrogen-bond donors (Lipinski definition) is 2. The molecule has 0 aliphatic carbocycles. The summed E-state index contributed by atoms with van der Waals surface area (Å²) in [6.45, 7) is 1.41. The van der Waals surface area contributed by atoms with Gasteiger partial charge < -0.3 is 15.0 Å². The van der Waals surface area contributed by atoms with Gasteiger partial charge in [-0.25, -0.2) is 0 Å². The van der Waals surface area contributed by atoms with Crippen molar-refractivity contribution >= 4 is 22.2 Å². The normalized spacial score (nSPS) is 11.0. The monoisotopic (exact) mass is 273 g/mol. The summed E-state index contributed by atoms with van der Waals surface area (Å²) in [7, 11) is 1.94. The maximum absolute atomic E-state index is 5.76. The van der Waals surface area contributed by atoms with Gasteiger partial charge in [0, 0.05) is 30.0 Å². The van der Waals surface area contributed by atoms with Crippen LogP contribution in [-0.4, -0.2) is 17.0 Å². The van der Waals surface area contributed by atoms with Crippen molar-refractivity contribution in [2.45, 2.75) is 13.2 Å². The van der Waals surface area contributed by atoms with Crippen LogP contribution in [0.2, 0.25) is 0 Å². The molecular formula is C14H15N3OS. The fourth-order valence-corrected chi connectivity index (χ4v) is 2.52. The highest BCUT2D eigenvalue weighted by Gasteiger charge is 2.03. The average molecular weight is 273 g/mol. The van der Waals surface area contributed by atoms with E-state index < -0.39 is 0 Å². The molecule has 0 unspecified atom stereocenters. The van der Waals surface area contributed by atoms with Gasteiger partial charge in [0.15, 0.2) is 0 Å². The van der Waals surface area contributed by atoms with E-state index in [1.54, 1.807) is 11.3 Å². The highest BCUT2D eigenvalue weighted by atomic mass is 32.1. The van der Waals surface area contributed by atoms with Gasteiger partial charge in [-0.05, 0) is 30.6 Å². The highest BCUT2D eigenvalue weighted by molar-refractivity contribution is 7.09. The molecule has 1 aromatic carbocycles. The molecular weight excluding hydrogens is 258 g/mol. The molecule has 3 rings (SSSR count). The Kier molecular flexibility index (Phi) is 3.48. The maximum Gasteiger partial charge on any atom is 0.124 e. The molecule has 0 saturated carbocycles. The Bertz CT molecular complexity index is 660. The van der Waals surface area contributed by atoms with E-state index in [1.165, 1.54) is 11.1 Å². The van der Waals surface area contributed by atoms with Gasteiger partial charge in [-0.15, -0.1) is 11.3 Å². The lowest BCUT2D eigenvalue weighted by Gasteiger charge is -2.03. The first-order valence-corrected chi connectivity index (χ1v) is 6.99. The Hall–Kier alpha value is -1.85. The van der Waals surface area contributed by atoms with Crippen molar-refractivity contribution in [3.8, 4) is 5.75 Å². The summed E-state index contributed by atoms with van der Waals surface area (Å²) < 4.78 is 5.76. The number of ether oxygens (including phenoxy) is 1. The summed E-state index contributed by atoms with van der Waals surface area (Å²) in [5.41, 5.74) is 4.10. The Labute approximate surface area is 115 Å². The molecule has 2 N–H and O–H groups in total. The third-order valence-corrected chi connectivity index (χ3v) is 3.63.